The van der Waals surface area contributed by atoms with Gasteiger partial charge in [0.15, 0.2) is 15.8 Å². The minimum Gasteiger partial charge on any atom is -0.493 e. The summed E-state index contributed by atoms with van der Waals surface area (Å²) in [6.07, 6.45) is -0.0125. The first-order valence-corrected chi connectivity index (χ1v) is 12.7. The topological polar surface area (TPSA) is 107 Å². The molecule has 11 heteroatoms. The average molecular weight is 494 g/mol. The van der Waals surface area contributed by atoms with E-state index in [0.29, 0.717) is 17.2 Å². The highest BCUT2D eigenvalue weighted by atomic mass is 32.2. The molecule has 0 radical (unpaired) electrons. The van der Waals surface area contributed by atoms with E-state index >= 15 is 0 Å². The van der Waals surface area contributed by atoms with Crippen LogP contribution >= 0.6 is 23.1 Å². The predicted molar refractivity (Wildman–Crippen MR) is 125 cm³/mol. The lowest BCUT2D eigenvalue weighted by atomic mass is 10.3. The van der Waals surface area contributed by atoms with E-state index in [2.05, 4.69) is 15.0 Å². The van der Waals surface area contributed by atoms with Crippen molar-refractivity contribution in [3.8, 4) is 11.5 Å². The number of anilines is 1. The van der Waals surface area contributed by atoms with Gasteiger partial charge in [-0.15, -0.1) is 11.3 Å². The van der Waals surface area contributed by atoms with Crippen molar-refractivity contribution in [2.24, 2.45) is 0 Å². The van der Waals surface area contributed by atoms with Crippen LogP contribution in [0.1, 0.15) is 12.1 Å². The summed E-state index contributed by atoms with van der Waals surface area (Å²) in [5.41, 5.74) is 1.63. The van der Waals surface area contributed by atoms with E-state index < -0.39 is 10.0 Å². The third-order valence-electron chi connectivity index (χ3n) is 4.25. The molecule has 170 valence electrons. The number of nitrogens with zero attached hydrogens (tertiary/aromatic N) is 1. The number of ether oxygens (including phenoxy) is 2. The van der Waals surface area contributed by atoms with Crippen LogP contribution in [0, 0.1) is 6.92 Å². The highest BCUT2D eigenvalue weighted by Gasteiger charge is 2.17. The number of aromatic nitrogens is 1. The molecule has 0 saturated heterocycles. The fourth-order valence-electron chi connectivity index (χ4n) is 2.68. The Morgan fingerprint density at radius 2 is 1.81 bits per heavy atom. The van der Waals surface area contributed by atoms with E-state index in [9.17, 15) is 13.2 Å². The first-order chi connectivity index (χ1) is 15.3. The molecule has 32 heavy (non-hydrogen) atoms. The minimum absolute atomic E-state index is 0.0125. The third-order valence-corrected chi connectivity index (χ3v) is 7.77. The van der Waals surface area contributed by atoms with Crippen LogP contribution in [0.3, 0.4) is 0 Å². The third kappa shape index (κ3) is 6.45. The van der Waals surface area contributed by atoms with E-state index in [-0.39, 0.29) is 23.8 Å². The Kier molecular flexibility index (Phi) is 8.13. The van der Waals surface area contributed by atoms with Crippen molar-refractivity contribution in [3.63, 3.8) is 0 Å². The molecule has 0 saturated carbocycles. The van der Waals surface area contributed by atoms with Gasteiger partial charge in [-0.2, -0.15) is 0 Å². The summed E-state index contributed by atoms with van der Waals surface area (Å²) in [7, 11) is -0.896. The van der Waals surface area contributed by atoms with Crippen LogP contribution in [0.2, 0.25) is 0 Å². The molecule has 1 aromatic heterocycles. The highest BCUT2D eigenvalue weighted by Crippen LogP contribution is 2.31. The lowest BCUT2D eigenvalue weighted by Crippen LogP contribution is -2.27. The van der Waals surface area contributed by atoms with Crippen LogP contribution in [-0.4, -0.2) is 40.1 Å². The quantitative estimate of drug-likeness (QED) is 0.441. The highest BCUT2D eigenvalue weighted by molar-refractivity contribution is 8.01. The zero-order valence-electron chi connectivity index (χ0n) is 17.7. The maximum absolute atomic E-state index is 12.5. The molecule has 0 aliphatic carbocycles. The molecule has 0 bridgehead atoms. The number of rotatable bonds is 10. The van der Waals surface area contributed by atoms with Crippen molar-refractivity contribution in [3.05, 3.63) is 53.5 Å². The molecule has 0 aliphatic heterocycles. The van der Waals surface area contributed by atoms with Crippen LogP contribution in [-0.2, 0) is 14.8 Å². The second kappa shape index (κ2) is 10.8. The molecule has 8 nitrogen and oxygen atoms in total. The van der Waals surface area contributed by atoms with Crippen molar-refractivity contribution in [1.82, 2.24) is 9.71 Å². The summed E-state index contributed by atoms with van der Waals surface area (Å²) in [6.45, 7) is 1.91. The van der Waals surface area contributed by atoms with E-state index in [1.807, 2.05) is 24.4 Å². The number of carbonyl (C=O) groups excluding carboxylic acids is 1. The number of hydrogen-bond acceptors (Lipinski definition) is 8. The van der Waals surface area contributed by atoms with Gasteiger partial charge in [-0.25, -0.2) is 18.1 Å². The summed E-state index contributed by atoms with van der Waals surface area (Å²) in [4.78, 5) is 17.7. The summed E-state index contributed by atoms with van der Waals surface area (Å²) in [5.74, 6) is 0.438. The van der Waals surface area contributed by atoms with Crippen LogP contribution in [0.4, 0.5) is 5.69 Å². The fraction of sp³-hybridized carbons (Fsp3) is 0.238. The zero-order chi connectivity index (χ0) is 23.1. The maximum atomic E-state index is 12.5. The SMILES string of the molecule is COc1ccc(S(=O)(=O)NCCC(=O)Nc2ccc(Sc3nc(C)cs3)cc2)cc1OC. The number of benzene rings is 2. The van der Waals surface area contributed by atoms with Gasteiger partial charge >= 0.3 is 0 Å². The standard InChI is InChI=1S/C21H23N3O5S3/c1-14-13-30-21(23-14)31-16-6-4-15(5-7-16)24-20(25)10-11-22-32(26,27)17-8-9-18(28-2)19(12-17)29-3/h4-9,12-13,22H,10-11H2,1-3H3,(H,24,25). The molecule has 0 unspecified atom stereocenters. The van der Waals surface area contributed by atoms with Crippen LogP contribution in [0.15, 0.2) is 62.0 Å². The Morgan fingerprint density at radius 3 is 2.44 bits per heavy atom. The zero-order valence-corrected chi connectivity index (χ0v) is 20.2. The lowest BCUT2D eigenvalue weighted by Gasteiger charge is -2.11. The molecule has 0 fully saturated rings. The molecule has 3 aromatic rings. The summed E-state index contributed by atoms with van der Waals surface area (Å²) in [6, 6.07) is 11.7. The Hall–Kier alpha value is -2.60. The minimum atomic E-state index is -3.79. The number of carbonyl (C=O) groups is 1. The van der Waals surface area contributed by atoms with E-state index in [1.54, 1.807) is 35.2 Å². The lowest BCUT2D eigenvalue weighted by molar-refractivity contribution is -0.116. The van der Waals surface area contributed by atoms with Crippen molar-refractivity contribution < 1.29 is 22.7 Å². The molecular weight excluding hydrogens is 470 g/mol. The Bertz CT molecular complexity index is 1180. The van der Waals surface area contributed by atoms with Gasteiger partial charge in [-0.1, -0.05) is 11.8 Å². The van der Waals surface area contributed by atoms with Gasteiger partial charge in [0, 0.05) is 40.7 Å². The van der Waals surface area contributed by atoms with Gasteiger partial charge < -0.3 is 14.8 Å². The number of nitrogens with one attached hydrogen (secondary N) is 2. The number of sulfonamides is 1. The fourth-order valence-corrected chi connectivity index (χ4v) is 5.53. The largest absolute Gasteiger partial charge is 0.493 e. The first-order valence-electron chi connectivity index (χ1n) is 9.52. The smallest absolute Gasteiger partial charge is 0.240 e. The van der Waals surface area contributed by atoms with Gasteiger partial charge in [0.25, 0.3) is 0 Å². The Morgan fingerprint density at radius 1 is 1.09 bits per heavy atom. The van der Waals surface area contributed by atoms with Gasteiger partial charge in [0.1, 0.15) is 0 Å². The van der Waals surface area contributed by atoms with Crippen molar-refractivity contribution in [2.75, 3.05) is 26.1 Å². The molecule has 1 heterocycles. The average Bonchev–Trinajstić information content (AvgIpc) is 3.18. The van der Waals surface area contributed by atoms with E-state index in [0.717, 1.165) is 14.9 Å². The molecule has 2 N–H and O–H groups in total. The molecule has 1 amide bonds. The summed E-state index contributed by atoms with van der Waals surface area (Å²) in [5, 5.41) is 4.76. The molecule has 0 atom stereocenters. The first kappa shape index (κ1) is 24.1. The number of aryl methyl sites for hydroxylation is 1. The number of methoxy groups -OCH3 is 2. The predicted octanol–water partition coefficient (Wildman–Crippen LogP) is 3.93. The van der Waals surface area contributed by atoms with Gasteiger partial charge in [-0.05, 0) is 43.3 Å². The number of hydrogen-bond donors (Lipinski definition) is 2. The maximum Gasteiger partial charge on any atom is 0.240 e. The Balaban J connectivity index is 1.50. The molecule has 3 rings (SSSR count). The Labute approximate surface area is 195 Å². The number of amides is 1. The van der Waals surface area contributed by atoms with E-state index in [4.69, 9.17) is 9.47 Å². The van der Waals surface area contributed by atoms with E-state index in [1.165, 1.54) is 32.4 Å². The molecule has 0 spiro atoms. The summed E-state index contributed by atoms with van der Waals surface area (Å²) < 4.78 is 38.6. The van der Waals surface area contributed by atoms with Crippen molar-refractivity contribution >= 4 is 44.7 Å². The van der Waals surface area contributed by atoms with Crippen LogP contribution in [0.5, 0.6) is 11.5 Å². The molecule has 2 aromatic carbocycles. The van der Waals surface area contributed by atoms with Crippen molar-refractivity contribution in [2.45, 2.75) is 27.5 Å². The second-order valence-corrected chi connectivity index (χ2v) is 10.5. The van der Waals surface area contributed by atoms with Gasteiger partial charge in [0.2, 0.25) is 15.9 Å². The van der Waals surface area contributed by atoms with Gasteiger partial charge in [-0.3, -0.25) is 4.79 Å². The molecular formula is C21H23N3O5S3. The number of thiazole rings is 1. The second-order valence-electron chi connectivity index (χ2n) is 6.59. The normalized spacial score (nSPS) is 11.2. The van der Waals surface area contributed by atoms with Crippen LogP contribution in [0.25, 0.3) is 0 Å². The summed E-state index contributed by atoms with van der Waals surface area (Å²) >= 11 is 3.14. The van der Waals surface area contributed by atoms with Crippen LogP contribution < -0.4 is 19.5 Å². The van der Waals surface area contributed by atoms with Crippen molar-refractivity contribution in [1.29, 1.82) is 0 Å². The molecule has 0 aliphatic rings. The van der Waals surface area contributed by atoms with Gasteiger partial charge in [0.05, 0.1) is 19.1 Å². The monoisotopic (exact) mass is 493 g/mol.